The fourth-order valence-corrected chi connectivity index (χ4v) is 4.06. The van der Waals surface area contributed by atoms with E-state index < -0.39 is 0 Å². The Bertz CT molecular complexity index is 548. The summed E-state index contributed by atoms with van der Waals surface area (Å²) in [6.45, 7) is 4.63. The third kappa shape index (κ3) is 5.41. The number of ether oxygens (including phenoxy) is 1. The van der Waals surface area contributed by atoms with Gasteiger partial charge in [0, 0.05) is 32.4 Å². The van der Waals surface area contributed by atoms with Crippen molar-refractivity contribution < 1.29 is 14.3 Å². The standard InChI is InChI=1S/C22H33NO3/c1-4-21(25)23-16-10-14-19(23)22(26-3)17(2)20(24)15-9-13-18-11-7-5-6-8-12-18/h5-8,11-12,17-19,22H,4,9-10,13-16H2,1-3H3/t17-,19-,22+/m0/s1. The first-order chi connectivity index (χ1) is 12.6. The fourth-order valence-electron chi connectivity index (χ4n) is 4.06. The molecule has 0 bridgehead atoms. The van der Waals surface area contributed by atoms with Crippen LogP contribution in [-0.2, 0) is 14.3 Å². The van der Waals surface area contributed by atoms with Crippen LogP contribution in [0.5, 0.6) is 0 Å². The molecule has 1 heterocycles. The lowest BCUT2D eigenvalue weighted by Crippen LogP contribution is -2.47. The molecule has 1 saturated heterocycles. The molecule has 1 aliphatic carbocycles. The molecule has 144 valence electrons. The van der Waals surface area contributed by atoms with Gasteiger partial charge in [0.2, 0.25) is 5.91 Å². The molecule has 1 fully saturated rings. The van der Waals surface area contributed by atoms with E-state index in [1.165, 1.54) is 0 Å². The predicted octanol–water partition coefficient (Wildman–Crippen LogP) is 4.08. The minimum Gasteiger partial charge on any atom is -0.379 e. The topological polar surface area (TPSA) is 46.6 Å². The molecule has 0 saturated carbocycles. The largest absolute Gasteiger partial charge is 0.379 e. The highest BCUT2D eigenvalue weighted by atomic mass is 16.5. The van der Waals surface area contributed by atoms with E-state index in [1.807, 2.05) is 30.9 Å². The van der Waals surface area contributed by atoms with Gasteiger partial charge in [-0.1, -0.05) is 50.3 Å². The number of allylic oxidation sites excluding steroid dienone is 6. The molecule has 4 heteroatoms. The molecule has 4 nitrogen and oxygen atoms in total. The van der Waals surface area contributed by atoms with Crippen molar-refractivity contribution in [2.24, 2.45) is 11.8 Å². The summed E-state index contributed by atoms with van der Waals surface area (Å²) >= 11 is 0. The van der Waals surface area contributed by atoms with Gasteiger partial charge in [0.25, 0.3) is 0 Å². The molecule has 26 heavy (non-hydrogen) atoms. The van der Waals surface area contributed by atoms with E-state index in [0.717, 1.165) is 32.2 Å². The molecule has 0 aromatic rings. The number of Topliss-reactive ketones (excluding diaryl/α,β-unsaturated/α-hetero) is 1. The van der Waals surface area contributed by atoms with Crippen LogP contribution in [0, 0.1) is 11.8 Å². The monoisotopic (exact) mass is 359 g/mol. The Labute approximate surface area is 158 Å². The highest BCUT2D eigenvalue weighted by molar-refractivity contribution is 5.81. The summed E-state index contributed by atoms with van der Waals surface area (Å²) in [5, 5.41) is 0. The van der Waals surface area contributed by atoms with Gasteiger partial charge in [-0.15, -0.1) is 0 Å². The van der Waals surface area contributed by atoms with Crippen molar-refractivity contribution in [2.45, 2.75) is 64.5 Å². The van der Waals surface area contributed by atoms with Gasteiger partial charge >= 0.3 is 0 Å². The van der Waals surface area contributed by atoms with Gasteiger partial charge in [-0.25, -0.2) is 0 Å². The van der Waals surface area contributed by atoms with E-state index in [-0.39, 0.29) is 29.8 Å². The number of carbonyl (C=O) groups excluding carboxylic acids is 2. The average Bonchev–Trinajstić information content (AvgIpc) is 2.98. The molecule has 2 rings (SSSR count). The van der Waals surface area contributed by atoms with Crippen LogP contribution in [0.4, 0.5) is 0 Å². The Hall–Kier alpha value is -1.68. The maximum absolute atomic E-state index is 12.7. The van der Waals surface area contributed by atoms with Gasteiger partial charge in [0.15, 0.2) is 0 Å². The summed E-state index contributed by atoms with van der Waals surface area (Å²) in [5.74, 6) is 0.623. The molecular formula is C22H33NO3. The first-order valence-corrected chi connectivity index (χ1v) is 9.95. The van der Waals surface area contributed by atoms with E-state index in [9.17, 15) is 9.59 Å². The van der Waals surface area contributed by atoms with Crippen LogP contribution in [0.25, 0.3) is 0 Å². The molecule has 0 aromatic heterocycles. The minimum absolute atomic E-state index is 0.0326. The highest BCUT2D eigenvalue weighted by Crippen LogP contribution is 2.28. The first-order valence-electron chi connectivity index (χ1n) is 9.95. The van der Waals surface area contributed by atoms with E-state index >= 15 is 0 Å². The molecule has 0 radical (unpaired) electrons. The molecule has 0 unspecified atom stereocenters. The van der Waals surface area contributed by atoms with Crippen LogP contribution in [-0.4, -0.2) is 42.4 Å². The average molecular weight is 360 g/mol. The van der Waals surface area contributed by atoms with Crippen molar-refractivity contribution in [1.29, 1.82) is 0 Å². The maximum Gasteiger partial charge on any atom is 0.222 e. The van der Waals surface area contributed by atoms with Crippen molar-refractivity contribution in [2.75, 3.05) is 13.7 Å². The Morgan fingerprint density at radius 2 is 1.88 bits per heavy atom. The number of hydrogen-bond donors (Lipinski definition) is 0. The normalized spacial score (nSPS) is 22.4. The summed E-state index contributed by atoms with van der Waals surface area (Å²) < 4.78 is 5.71. The third-order valence-corrected chi connectivity index (χ3v) is 5.58. The van der Waals surface area contributed by atoms with Gasteiger partial charge in [0.05, 0.1) is 12.1 Å². The zero-order valence-electron chi connectivity index (χ0n) is 16.4. The van der Waals surface area contributed by atoms with Crippen LogP contribution >= 0.6 is 0 Å². The van der Waals surface area contributed by atoms with Crippen LogP contribution in [0.2, 0.25) is 0 Å². The van der Waals surface area contributed by atoms with Crippen LogP contribution in [0.1, 0.15) is 52.4 Å². The molecule has 3 atom stereocenters. The maximum atomic E-state index is 12.7. The first kappa shape index (κ1) is 20.6. The fraction of sp³-hybridized carbons (Fsp3) is 0.636. The molecule has 0 spiro atoms. The number of likely N-dealkylation sites (tertiary alicyclic amines) is 1. The summed E-state index contributed by atoms with van der Waals surface area (Å²) in [6.07, 6.45) is 17.2. The smallest absolute Gasteiger partial charge is 0.222 e. The second-order valence-corrected chi connectivity index (χ2v) is 7.32. The van der Waals surface area contributed by atoms with Gasteiger partial charge in [-0.2, -0.15) is 0 Å². The number of amides is 1. The van der Waals surface area contributed by atoms with Gasteiger partial charge in [-0.3, -0.25) is 9.59 Å². The quantitative estimate of drug-likeness (QED) is 0.623. The van der Waals surface area contributed by atoms with Crippen LogP contribution in [0.3, 0.4) is 0 Å². The number of nitrogens with zero attached hydrogens (tertiary/aromatic N) is 1. The predicted molar refractivity (Wildman–Crippen MR) is 105 cm³/mol. The Balaban J connectivity index is 1.87. The number of methoxy groups -OCH3 is 1. The highest BCUT2D eigenvalue weighted by Gasteiger charge is 2.38. The molecular weight excluding hydrogens is 326 g/mol. The Morgan fingerprint density at radius 3 is 2.50 bits per heavy atom. The zero-order valence-corrected chi connectivity index (χ0v) is 16.4. The van der Waals surface area contributed by atoms with Crippen molar-refractivity contribution in [3.63, 3.8) is 0 Å². The summed E-state index contributed by atoms with van der Waals surface area (Å²) in [5.41, 5.74) is 0. The number of hydrogen-bond acceptors (Lipinski definition) is 3. The third-order valence-electron chi connectivity index (χ3n) is 5.58. The summed E-state index contributed by atoms with van der Waals surface area (Å²) in [6, 6.07) is 0.0326. The Morgan fingerprint density at radius 1 is 1.19 bits per heavy atom. The van der Waals surface area contributed by atoms with Crippen molar-refractivity contribution in [3.05, 3.63) is 36.5 Å². The van der Waals surface area contributed by atoms with E-state index in [1.54, 1.807) is 7.11 Å². The van der Waals surface area contributed by atoms with Gasteiger partial charge in [-0.05, 0) is 31.6 Å². The van der Waals surface area contributed by atoms with Crippen LogP contribution < -0.4 is 0 Å². The van der Waals surface area contributed by atoms with Gasteiger partial charge in [0.1, 0.15) is 5.78 Å². The molecule has 2 aliphatic rings. The van der Waals surface area contributed by atoms with Crippen molar-refractivity contribution in [3.8, 4) is 0 Å². The lowest BCUT2D eigenvalue weighted by molar-refractivity contribution is -0.138. The lowest BCUT2D eigenvalue weighted by Gasteiger charge is -2.33. The zero-order chi connectivity index (χ0) is 18.9. The Kier molecular flexibility index (Phi) is 8.30. The second-order valence-electron chi connectivity index (χ2n) is 7.32. The van der Waals surface area contributed by atoms with E-state index in [4.69, 9.17) is 4.74 Å². The number of rotatable bonds is 9. The molecule has 0 aromatic carbocycles. The van der Waals surface area contributed by atoms with Crippen molar-refractivity contribution >= 4 is 11.7 Å². The summed E-state index contributed by atoms with van der Waals surface area (Å²) in [4.78, 5) is 26.8. The molecule has 1 aliphatic heterocycles. The second kappa shape index (κ2) is 10.5. The SMILES string of the molecule is CCC(=O)N1CCC[C@H]1[C@H](OC)[C@@H](C)C(=O)CCCC1C=CC=CC=C1. The molecule has 1 amide bonds. The summed E-state index contributed by atoms with van der Waals surface area (Å²) in [7, 11) is 1.66. The number of carbonyl (C=O) groups is 2. The number of ketones is 1. The van der Waals surface area contributed by atoms with Gasteiger partial charge < -0.3 is 9.64 Å². The van der Waals surface area contributed by atoms with Crippen LogP contribution in [0.15, 0.2) is 36.5 Å². The van der Waals surface area contributed by atoms with E-state index in [2.05, 4.69) is 24.3 Å². The molecule has 0 N–H and O–H groups in total. The van der Waals surface area contributed by atoms with E-state index in [0.29, 0.717) is 18.8 Å². The minimum atomic E-state index is -0.206. The lowest BCUT2D eigenvalue weighted by atomic mass is 9.89. The van der Waals surface area contributed by atoms with Crippen molar-refractivity contribution in [1.82, 2.24) is 4.90 Å².